The number of aliphatic hydroxyl groups is 5. The predicted octanol–water partition coefficient (Wildman–Crippen LogP) is 16.4. The van der Waals surface area contributed by atoms with Crippen molar-refractivity contribution in [3.63, 3.8) is 0 Å². The number of allylic oxidation sites excluding steroid dienone is 15. The van der Waals surface area contributed by atoms with Gasteiger partial charge in [-0.1, -0.05) is 272 Å². The number of hydrogen-bond donors (Lipinski definition) is 6. The van der Waals surface area contributed by atoms with E-state index in [0.29, 0.717) is 6.42 Å². The summed E-state index contributed by atoms with van der Waals surface area (Å²) in [5, 5.41) is 54.6. The van der Waals surface area contributed by atoms with Crippen LogP contribution in [0.1, 0.15) is 264 Å². The quantitative estimate of drug-likeness (QED) is 0.0261. The third-order valence-corrected chi connectivity index (χ3v) is 14.4. The topological polar surface area (TPSA) is 149 Å². The summed E-state index contributed by atoms with van der Waals surface area (Å²) in [6, 6.07) is -0.834. The Hall–Kier alpha value is -2.89. The summed E-state index contributed by atoms with van der Waals surface area (Å²) in [5.41, 5.74) is 0. The van der Waals surface area contributed by atoms with Gasteiger partial charge in [0.1, 0.15) is 24.4 Å². The zero-order chi connectivity index (χ0) is 55.0. The van der Waals surface area contributed by atoms with Crippen molar-refractivity contribution in [2.75, 3.05) is 13.2 Å². The fourth-order valence-corrected chi connectivity index (χ4v) is 9.47. The molecule has 438 valence electrons. The lowest BCUT2D eigenvalue weighted by Crippen LogP contribution is -2.60. The third-order valence-electron chi connectivity index (χ3n) is 14.4. The van der Waals surface area contributed by atoms with Crippen LogP contribution in [0.15, 0.2) is 97.2 Å². The Labute approximate surface area is 466 Å². The molecule has 0 bridgehead atoms. The molecule has 1 heterocycles. The van der Waals surface area contributed by atoms with E-state index in [-0.39, 0.29) is 12.5 Å². The third kappa shape index (κ3) is 44.0. The summed E-state index contributed by atoms with van der Waals surface area (Å²) in [6.45, 7) is 3.66. The zero-order valence-electron chi connectivity index (χ0n) is 48.7. The summed E-state index contributed by atoms with van der Waals surface area (Å²) >= 11 is 0. The van der Waals surface area contributed by atoms with Crippen molar-refractivity contribution in [1.82, 2.24) is 5.32 Å². The number of amides is 1. The maximum Gasteiger partial charge on any atom is 0.220 e. The lowest BCUT2D eigenvalue weighted by atomic mass is 9.99. The number of ether oxygens (including phenoxy) is 2. The van der Waals surface area contributed by atoms with Gasteiger partial charge in [-0.25, -0.2) is 0 Å². The van der Waals surface area contributed by atoms with E-state index >= 15 is 0 Å². The fraction of sp³-hybridized carbons (Fsp3) is 0.746. The first-order valence-corrected chi connectivity index (χ1v) is 31.5. The molecular weight excluding hydrogens is 947 g/mol. The molecule has 1 aliphatic rings. The average Bonchev–Trinajstić information content (AvgIpc) is 3.42. The molecule has 0 radical (unpaired) electrons. The first-order valence-electron chi connectivity index (χ1n) is 31.5. The van der Waals surface area contributed by atoms with E-state index in [9.17, 15) is 30.3 Å². The predicted molar refractivity (Wildman–Crippen MR) is 322 cm³/mol. The molecule has 1 saturated heterocycles. The molecule has 0 spiro atoms. The molecule has 1 amide bonds. The van der Waals surface area contributed by atoms with Gasteiger partial charge in [-0.3, -0.25) is 4.79 Å². The van der Waals surface area contributed by atoms with E-state index < -0.39 is 49.5 Å². The van der Waals surface area contributed by atoms with Crippen LogP contribution in [-0.2, 0) is 14.3 Å². The van der Waals surface area contributed by atoms with Crippen molar-refractivity contribution in [2.45, 2.75) is 307 Å². The maximum atomic E-state index is 13.1. The van der Waals surface area contributed by atoms with Crippen molar-refractivity contribution in [3.8, 4) is 0 Å². The van der Waals surface area contributed by atoms with Gasteiger partial charge in [0.2, 0.25) is 5.91 Å². The van der Waals surface area contributed by atoms with E-state index in [1.807, 2.05) is 6.08 Å². The second-order valence-corrected chi connectivity index (χ2v) is 21.5. The number of aliphatic hydroxyl groups excluding tert-OH is 5. The van der Waals surface area contributed by atoms with Crippen molar-refractivity contribution in [3.05, 3.63) is 97.2 Å². The fourth-order valence-electron chi connectivity index (χ4n) is 9.47. The Bertz CT molecular complexity index is 1510. The number of carbonyl (C=O) groups is 1. The Kier molecular flexibility index (Phi) is 51.9. The standard InChI is InChI=1S/C67H117NO8/c1-3-5-7-9-11-13-15-17-19-21-23-25-27-29-31-33-35-37-39-41-43-45-47-49-51-53-55-57-63(71)68-60(59-75-67-66(74)65(73)64(72)62(58-69)76-67)61(70)56-54-52-50-48-46-44-42-40-38-36-34-32-30-28-26-24-22-20-18-16-14-12-10-8-6-4-2/h5,7,11,13,17,19,23,25,29,31,35,37,46,48,54,56,60-62,64-67,69-70,72-74H,3-4,6,8-10,12,14-16,18,20-22,24,26-28,30,32-34,36,38-45,47,49-53,55,57-59H2,1-2H3,(H,68,71)/b7-5-,13-11-,19-17-,25-23-,31-29-,37-35-,48-46+,56-54+. The molecular formula is C67H117NO8. The SMILES string of the molecule is CC/C=C\C/C=C\C/C=C\C/C=C\C/C=C\C/C=C\CCCCCCCCCCC(=O)NC(COC1OC(CO)C(O)C(O)C1O)C(O)/C=C/CC/C=C/CCCCCCCCCCCCCCCCCCCCCC. The van der Waals surface area contributed by atoms with Crippen LogP contribution in [0.25, 0.3) is 0 Å². The van der Waals surface area contributed by atoms with Gasteiger partial charge in [-0.15, -0.1) is 0 Å². The molecule has 7 unspecified atom stereocenters. The molecule has 9 heteroatoms. The van der Waals surface area contributed by atoms with E-state index in [2.05, 4.69) is 104 Å². The van der Waals surface area contributed by atoms with Crippen LogP contribution in [-0.4, -0.2) is 87.5 Å². The number of hydrogen-bond acceptors (Lipinski definition) is 8. The molecule has 9 nitrogen and oxygen atoms in total. The van der Waals surface area contributed by atoms with Crippen LogP contribution in [0, 0.1) is 0 Å². The molecule has 1 rings (SSSR count). The smallest absolute Gasteiger partial charge is 0.220 e. The molecule has 76 heavy (non-hydrogen) atoms. The number of unbranched alkanes of at least 4 members (excludes halogenated alkanes) is 29. The normalized spacial score (nSPS) is 19.5. The second-order valence-electron chi connectivity index (χ2n) is 21.5. The minimum atomic E-state index is -1.58. The largest absolute Gasteiger partial charge is 0.394 e. The Morgan fingerprint density at radius 1 is 0.461 bits per heavy atom. The van der Waals surface area contributed by atoms with Gasteiger partial charge < -0.3 is 40.3 Å². The van der Waals surface area contributed by atoms with E-state index in [1.165, 1.54) is 154 Å². The molecule has 1 aliphatic heterocycles. The molecule has 6 N–H and O–H groups in total. The highest BCUT2D eigenvalue weighted by Crippen LogP contribution is 2.23. The highest BCUT2D eigenvalue weighted by Gasteiger charge is 2.44. The van der Waals surface area contributed by atoms with Crippen LogP contribution >= 0.6 is 0 Å². The van der Waals surface area contributed by atoms with E-state index in [4.69, 9.17) is 9.47 Å². The second kappa shape index (κ2) is 55.4. The maximum absolute atomic E-state index is 13.1. The van der Waals surface area contributed by atoms with Gasteiger partial charge in [0.25, 0.3) is 0 Å². The van der Waals surface area contributed by atoms with Gasteiger partial charge in [0, 0.05) is 6.42 Å². The van der Waals surface area contributed by atoms with Crippen molar-refractivity contribution >= 4 is 5.91 Å². The Morgan fingerprint density at radius 2 is 0.829 bits per heavy atom. The van der Waals surface area contributed by atoms with Crippen LogP contribution in [0.4, 0.5) is 0 Å². The molecule has 0 saturated carbocycles. The van der Waals surface area contributed by atoms with Crippen LogP contribution < -0.4 is 5.32 Å². The Balaban J connectivity index is 2.23. The minimum Gasteiger partial charge on any atom is -0.394 e. The van der Waals surface area contributed by atoms with Crippen molar-refractivity contribution < 1.29 is 39.8 Å². The van der Waals surface area contributed by atoms with E-state index in [1.54, 1.807) is 6.08 Å². The number of rotatable bonds is 53. The molecule has 0 aromatic heterocycles. The van der Waals surface area contributed by atoms with Crippen LogP contribution in [0.2, 0.25) is 0 Å². The summed E-state index contributed by atoms with van der Waals surface area (Å²) in [7, 11) is 0. The molecule has 7 atom stereocenters. The van der Waals surface area contributed by atoms with Gasteiger partial charge in [-0.2, -0.15) is 0 Å². The zero-order valence-corrected chi connectivity index (χ0v) is 48.7. The highest BCUT2D eigenvalue weighted by molar-refractivity contribution is 5.76. The van der Waals surface area contributed by atoms with Crippen LogP contribution in [0.5, 0.6) is 0 Å². The van der Waals surface area contributed by atoms with Gasteiger partial charge in [0.05, 0.1) is 25.4 Å². The summed E-state index contributed by atoms with van der Waals surface area (Å²) in [4.78, 5) is 13.1. The molecule has 0 aromatic rings. The lowest BCUT2D eigenvalue weighted by molar-refractivity contribution is -0.302. The number of carbonyl (C=O) groups excluding carboxylic acids is 1. The molecule has 1 fully saturated rings. The minimum absolute atomic E-state index is 0.197. The lowest BCUT2D eigenvalue weighted by Gasteiger charge is -2.40. The van der Waals surface area contributed by atoms with Crippen molar-refractivity contribution in [1.29, 1.82) is 0 Å². The highest BCUT2D eigenvalue weighted by atomic mass is 16.7. The van der Waals surface area contributed by atoms with Gasteiger partial charge >= 0.3 is 0 Å². The van der Waals surface area contributed by atoms with Crippen LogP contribution in [0.3, 0.4) is 0 Å². The molecule has 0 aliphatic carbocycles. The van der Waals surface area contributed by atoms with Gasteiger partial charge in [0.15, 0.2) is 6.29 Å². The molecule has 0 aromatic carbocycles. The summed E-state index contributed by atoms with van der Waals surface area (Å²) in [6.07, 6.45) is 73.4. The number of nitrogens with one attached hydrogen (secondary N) is 1. The van der Waals surface area contributed by atoms with Gasteiger partial charge in [-0.05, 0) is 83.5 Å². The first-order chi connectivity index (χ1) is 37.3. The Morgan fingerprint density at radius 3 is 1.26 bits per heavy atom. The van der Waals surface area contributed by atoms with E-state index in [0.717, 1.165) is 89.9 Å². The summed E-state index contributed by atoms with van der Waals surface area (Å²) < 4.78 is 11.3. The summed E-state index contributed by atoms with van der Waals surface area (Å²) in [5.74, 6) is -0.197. The van der Waals surface area contributed by atoms with Crippen molar-refractivity contribution in [2.24, 2.45) is 0 Å². The monoisotopic (exact) mass is 1060 g/mol. The first kappa shape index (κ1) is 71.1. The average molecular weight is 1060 g/mol.